The lowest BCUT2D eigenvalue weighted by atomic mass is 9.98. The molecule has 0 saturated carbocycles. The van der Waals surface area contributed by atoms with E-state index in [1.54, 1.807) is 18.4 Å². The van der Waals surface area contributed by atoms with Crippen LogP contribution in [-0.4, -0.2) is 13.7 Å². The van der Waals surface area contributed by atoms with Gasteiger partial charge < -0.3 is 10.1 Å². The van der Waals surface area contributed by atoms with Crippen LogP contribution in [0.3, 0.4) is 0 Å². The van der Waals surface area contributed by atoms with Crippen LogP contribution in [0, 0.1) is 6.92 Å². The van der Waals surface area contributed by atoms with Crippen molar-refractivity contribution in [3.05, 3.63) is 51.7 Å². The summed E-state index contributed by atoms with van der Waals surface area (Å²) in [6.07, 6.45) is 1.03. The van der Waals surface area contributed by atoms with Crippen LogP contribution in [0.2, 0.25) is 0 Å². The first-order valence-electron chi connectivity index (χ1n) is 6.63. The lowest BCUT2D eigenvalue weighted by Gasteiger charge is -2.19. The van der Waals surface area contributed by atoms with E-state index < -0.39 is 0 Å². The lowest BCUT2D eigenvalue weighted by molar-refractivity contribution is 0.411. The molecule has 3 heteroatoms. The normalized spacial score (nSPS) is 12.4. The summed E-state index contributed by atoms with van der Waals surface area (Å²) in [7, 11) is 1.72. The average Bonchev–Trinajstić information content (AvgIpc) is 2.91. The molecule has 102 valence electrons. The number of hydrogen-bond donors (Lipinski definition) is 1. The van der Waals surface area contributed by atoms with E-state index in [1.165, 1.54) is 16.7 Å². The highest BCUT2D eigenvalue weighted by atomic mass is 32.1. The van der Waals surface area contributed by atoms with Crippen molar-refractivity contribution in [2.24, 2.45) is 0 Å². The number of aryl methyl sites for hydroxylation is 1. The minimum Gasteiger partial charge on any atom is -0.496 e. The molecule has 0 fully saturated rings. The van der Waals surface area contributed by atoms with E-state index >= 15 is 0 Å². The van der Waals surface area contributed by atoms with Crippen LogP contribution in [0.1, 0.15) is 29.7 Å². The minimum atomic E-state index is 0.365. The topological polar surface area (TPSA) is 21.3 Å². The Morgan fingerprint density at radius 3 is 2.74 bits per heavy atom. The molecule has 2 aromatic rings. The molecule has 1 atom stereocenters. The molecule has 1 aromatic carbocycles. The molecule has 0 amide bonds. The van der Waals surface area contributed by atoms with Gasteiger partial charge in [0.25, 0.3) is 0 Å². The van der Waals surface area contributed by atoms with Gasteiger partial charge >= 0.3 is 0 Å². The Labute approximate surface area is 119 Å². The van der Waals surface area contributed by atoms with Crippen LogP contribution >= 0.6 is 11.3 Å². The van der Waals surface area contributed by atoms with Gasteiger partial charge in [0.1, 0.15) is 5.75 Å². The Morgan fingerprint density at radius 1 is 1.32 bits per heavy atom. The van der Waals surface area contributed by atoms with Gasteiger partial charge in [-0.05, 0) is 59.5 Å². The SMILES string of the molecule is CCNC(Cc1ccsc1)c1ccc(OC)c(C)c1. The maximum atomic E-state index is 5.33. The predicted octanol–water partition coefficient (Wildman–Crippen LogP) is 3.96. The summed E-state index contributed by atoms with van der Waals surface area (Å²) in [5.74, 6) is 0.953. The molecule has 0 aliphatic heterocycles. The number of benzene rings is 1. The standard InChI is InChI=1S/C16H21NOS/c1-4-17-15(10-13-7-8-19-11-13)14-5-6-16(18-3)12(2)9-14/h5-9,11,15,17H,4,10H2,1-3H3. The molecule has 0 spiro atoms. The van der Waals surface area contributed by atoms with Crippen molar-refractivity contribution in [2.45, 2.75) is 26.3 Å². The number of ether oxygens (including phenoxy) is 1. The van der Waals surface area contributed by atoms with Crippen LogP contribution in [0.25, 0.3) is 0 Å². The molecule has 19 heavy (non-hydrogen) atoms. The van der Waals surface area contributed by atoms with Gasteiger partial charge in [0, 0.05) is 6.04 Å². The van der Waals surface area contributed by atoms with Crippen molar-refractivity contribution in [2.75, 3.05) is 13.7 Å². The number of rotatable bonds is 6. The van der Waals surface area contributed by atoms with Gasteiger partial charge in [-0.15, -0.1) is 0 Å². The molecule has 2 nitrogen and oxygen atoms in total. The third-order valence-electron chi connectivity index (χ3n) is 3.29. The zero-order valence-electron chi connectivity index (χ0n) is 11.8. The Kier molecular flexibility index (Phi) is 5.00. The largest absolute Gasteiger partial charge is 0.496 e. The summed E-state index contributed by atoms with van der Waals surface area (Å²) in [4.78, 5) is 0. The first-order valence-corrected chi connectivity index (χ1v) is 7.58. The van der Waals surface area contributed by atoms with Crippen LogP contribution in [0.4, 0.5) is 0 Å². The average molecular weight is 275 g/mol. The molecule has 1 N–H and O–H groups in total. The quantitative estimate of drug-likeness (QED) is 0.861. The van der Waals surface area contributed by atoms with Gasteiger partial charge in [-0.25, -0.2) is 0 Å². The van der Waals surface area contributed by atoms with Gasteiger partial charge in [0.05, 0.1) is 7.11 Å². The molecule has 1 aromatic heterocycles. The van der Waals surface area contributed by atoms with Crippen LogP contribution in [0.5, 0.6) is 5.75 Å². The molecule has 0 aliphatic rings. The van der Waals surface area contributed by atoms with E-state index in [-0.39, 0.29) is 0 Å². The van der Waals surface area contributed by atoms with E-state index in [2.05, 4.69) is 54.2 Å². The fourth-order valence-corrected chi connectivity index (χ4v) is 3.00. The van der Waals surface area contributed by atoms with E-state index in [9.17, 15) is 0 Å². The van der Waals surface area contributed by atoms with E-state index in [4.69, 9.17) is 4.74 Å². The minimum absolute atomic E-state index is 0.365. The number of methoxy groups -OCH3 is 1. The van der Waals surface area contributed by atoms with Crippen molar-refractivity contribution < 1.29 is 4.74 Å². The third kappa shape index (κ3) is 3.58. The fraction of sp³-hybridized carbons (Fsp3) is 0.375. The smallest absolute Gasteiger partial charge is 0.121 e. The summed E-state index contributed by atoms with van der Waals surface area (Å²) in [5, 5.41) is 7.93. The van der Waals surface area contributed by atoms with Gasteiger partial charge in [-0.2, -0.15) is 11.3 Å². The Morgan fingerprint density at radius 2 is 2.16 bits per heavy atom. The Hall–Kier alpha value is -1.32. The maximum Gasteiger partial charge on any atom is 0.121 e. The molecule has 0 bridgehead atoms. The predicted molar refractivity (Wildman–Crippen MR) is 82.2 cm³/mol. The van der Waals surface area contributed by atoms with Crippen molar-refractivity contribution in [1.29, 1.82) is 0 Å². The summed E-state index contributed by atoms with van der Waals surface area (Å²) >= 11 is 1.76. The molecule has 1 heterocycles. The molecular weight excluding hydrogens is 254 g/mol. The molecule has 0 aliphatic carbocycles. The lowest BCUT2D eigenvalue weighted by Crippen LogP contribution is -2.22. The van der Waals surface area contributed by atoms with Crippen molar-refractivity contribution in [3.8, 4) is 5.75 Å². The zero-order valence-corrected chi connectivity index (χ0v) is 12.6. The maximum absolute atomic E-state index is 5.33. The van der Waals surface area contributed by atoms with Crippen LogP contribution in [-0.2, 0) is 6.42 Å². The monoisotopic (exact) mass is 275 g/mol. The number of nitrogens with one attached hydrogen (secondary N) is 1. The molecule has 0 saturated heterocycles. The van der Waals surface area contributed by atoms with Crippen LogP contribution in [0.15, 0.2) is 35.0 Å². The highest BCUT2D eigenvalue weighted by Crippen LogP contribution is 2.25. The first kappa shape index (κ1) is 14.1. The van der Waals surface area contributed by atoms with E-state index in [1.807, 2.05) is 0 Å². The third-order valence-corrected chi connectivity index (χ3v) is 4.02. The number of hydrogen-bond acceptors (Lipinski definition) is 3. The van der Waals surface area contributed by atoms with Crippen molar-refractivity contribution in [3.63, 3.8) is 0 Å². The molecule has 1 unspecified atom stereocenters. The summed E-state index contributed by atoms with van der Waals surface area (Å²) in [5.41, 5.74) is 3.91. The second-order valence-corrected chi connectivity index (χ2v) is 5.46. The molecule has 0 radical (unpaired) electrons. The fourth-order valence-electron chi connectivity index (χ4n) is 2.32. The van der Waals surface area contributed by atoms with Crippen molar-refractivity contribution in [1.82, 2.24) is 5.32 Å². The van der Waals surface area contributed by atoms with Gasteiger partial charge in [-0.3, -0.25) is 0 Å². The van der Waals surface area contributed by atoms with Gasteiger partial charge in [0.2, 0.25) is 0 Å². The second kappa shape index (κ2) is 6.73. The Bertz CT molecular complexity index is 507. The van der Waals surface area contributed by atoms with E-state index in [0.717, 1.165) is 18.7 Å². The number of likely N-dealkylation sites (N-methyl/N-ethyl adjacent to an activating group) is 1. The highest BCUT2D eigenvalue weighted by molar-refractivity contribution is 7.07. The van der Waals surface area contributed by atoms with Crippen molar-refractivity contribution >= 4 is 11.3 Å². The summed E-state index contributed by atoms with van der Waals surface area (Å²) in [6, 6.07) is 9.00. The first-order chi connectivity index (χ1) is 9.24. The van der Waals surface area contributed by atoms with E-state index in [0.29, 0.717) is 6.04 Å². The second-order valence-electron chi connectivity index (χ2n) is 4.68. The molecular formula is C16H21NOS. The summed E-state index contributed by atoms with van der Waals surface area (Å²) in [6.45, 7) is 5.22. The highest BCUT2D eigenvalue weighted by Gasteiger charge is 2.12. The molecule has 2 rings (SSSR count). The summed E-state index contributed by atoms with van der Waals surface area (Å²) < 4.78 is 5.33. The number of thiophene rings is 1. The zero-order chi connectivity index (χ0) is 13.7. The van der Waals surface area contributed by atoms with Crippen LogP contribution < -0.4 is 10.1 Å². The Balaban J connectivity index is 2.20. The van der Waals surface area contributed by atoms with Gasteiger partial charge in [0.15, 0.2) is 0 Å². The van der Waals surface area contributed by atoms with Gasteiger partial charge in [-0.1, -0.05) is 19.1 Å².